The highest BCUT2D eigenvalue weighted by Crippen LogP contribution is 2.33. The topological polar surface area (TPSA) is 168 Å². The highest BCUT2D eigenvalue weighted by molar-refractivity contribution is 7.99. The van der Waals surface area contributed by atoms with Crippen molar-refractivity contribution in [3.63, 3.8) is 0 Å². The molecule has 0 bridgehead atoms. The minimum absolute atomic E-state index is 0.197. The molecule has 0 aliphatic carbocycles. The van der Waals surface area contributed by atoms with Crippen LogP contribution in [0.25, 0.3) is 34.4 Å². The SMILES string of the molecule is CC(=O)CCCCSc1nnc(-c2ccc(C)cc2Cl)o1.CC(=O)CCCCSc1nnc(-c2ccc(Cl)cc2Cl)o1.CC(=O)CCCSc1nnc(-c2ccc(C)cc2Cl)o1. The fourth-order valence-electron chi connectivity index (χ4n) is 5.13. The first-order chi connectivity index (χ1) is 29.7. The Kier molecular flexibility index (Phi) is 22.0. The lowest BCUT2D eigenvalue weighted by Gasteiger charge is -2.00. The number of halogens is 4. The first-order valence-electron chi connectivity index (χ1n) is 19.5. The van der Waals surface area contributed by atoms with Crippen LogP contribution < -0.4 is 0 Å². The summed E-state index contributed by atoms with van der Waals surface area (Å²) in [5, 5.41) is 27.7. The highest BCUT2D eigenvalue weighted by Gasteiger charge is 2.15. The van der Waals surface area contributed by atoms with Crippen molar-refractivity contribution in [1.82, 2.24) is 30.6 Å². The van der Waals surface area contributed by atoms with Crippen molar-refractivity contribution in [2.75, 3.05) is 17.3 Å². The average Bonchev–Trinajstić information content (AvgIpc) is 3.99. The molecule has 62 heavy (non-hydrogen) atoms. The molecule has 0 unspecified atom stereocenters. The van der Waals surface area contributed by atoms with Crippen molar-refractivity contribution in [1.29, 1.82) is 0 Å². The Labute approximate surface area is 393 Å². The van der Waals surface area contributed by atoms with Gasteiger partial charge in [-0.3, -0.25) is 0 Å². The molecule has 3 heterocycles. The van der Waals surface area contributed by atoms with Crippen molar-refractivity contribution in [3.8, 4) is 34.4 Å². The number of benzene rings is 3. The Morgan fingerprint density at radius 2 is 0.806 bits per heavy atom. The third-order valence-corrected chi connectivity index (χ3v) is 12.2. The second-order valence-corrected chi connectivity index (χ2v) is 18.7. The van der Waals surface area contributed by atoms with Crippen LogP contribution in [0.3, 0.4) is 0 Å². The molecule has 0 radical (unpaired) electrons. The third-order valence-electron chi connectivity index (χ3n) is 8.29. The number of aromatic nitrogens is 6. The second kappa shape index (κ2) is 26.8. The van der Waals surface area contributed by atoms with Crippen LogP contribution in [0.4, 0.5) is 0 Å². The zero-order chi connectivity index (χ0) is 45.0. The van der Waals surface area contributed by atoms with Gasteiger partial charge in [0, 0.05) is 41.5 Å². The molecule has 6 rings (SSSR count). The van der Waals surface area contributed by atoms with E-state index in [2.05, 4.69) is 30.6 Å². The second-order valence-electron chi connectivity index (χ2n) is 13.9. The van der Waals surface area contributed by atoms with Crippen LogP contribution in [-0.2, 0) is 14.4 Å². The smallest absolute Gasteiger partial charge is 0.276 e. The standard InChI is InChI=1S/C15H17ClN2O2S.C14H14Cl2N2O2S.C14H15ClN2O2S/c1-10-6-7-12(13(16)9-10)14-17-18-15(20-14)21-8-4-3-5-11(2)19;1-9(19)4-2-3-7-21-14-18-17-13(20-14)11-6-5-10(15)8-12(11)16;1-9-5-6-11(12(15)8-9)13-16-17-14(19-13)20-7-3-4-10(2)18/h6-7,9H,3-5,8H2,1-2H3;5-6,8H,2-4,7H2,1H3;5-6,8H,3-4,7H2,1-2H3. The number of hydrogen-bond acceptors (Lipinski definition) is 15. The Balaban J connectivity index is 0.000000205. The number of nitrogens with zero attached hydrogens (tertiary/aromatic N) is 6. The van der Waals surface area contributed by atoms with Gasteiger partial charge in [0.1, 0.15) is 17.3 Å². The van der Waals surface area contributed by atoms with Crippen LogP contribution in [0.5, 0.6) is 0 Å². The van der Waals surface area contributed by atoms with Crippen molar-refractivity contribution in [2.24, 2.45) is 0 Å². The lowest BCUT2D eigenvalue weighted by Crippen LogP contribution is -1.90. The molecule has 0 amide bonds. The van der Waals surface area contributed by atoms with Crippen LogP contribution in [0, 0.1) is 13.8 Å². The Hall–Kier alpha value is -3.70. The van der Waals surface area contributed by atoms with Crippen molar-refractivity contribution >= 4 is 99.0 Å². The van der Waals surface area contributed by atoms with E-state index in [9.17, 15) is 14.4 Å². The summed E-state index contributed by atoms with van der Waals surface area (Å²) in [5.74, 6) is 4.36. The van der Waals surface area contributed by atoms with E-state index in [4.69, 9.17) is 59.7 Å². The summed E-state index contributed by atoms with van der Waals surface area (Å²) in [6.07, 6.45) is 6.31. The third kappa shape index (κ3) is 18.2. The van der Waals surface area contributed by atoms with E-state index >= 15 is 0 Å². The van der Waals surface area contributed by atoms with Crippen LogP contribution >= 0.6 is 81.7 Å². The summed E-state index contributed by atoms with van der Waals surface area (Å²) in [5.41, 5.74) is 4.32. The molecule has 0 saturated carbocycles. The van der Waals surface area contributed by atoms with E-state index in [0.29, 0.717) is 78.3 Å². The van der Waals surface area contributed by atoms with Gasteiger partial charge < -0.3 is 27.6 Å². The van der Waals surface area contributed by atoms with Gasteiger partial charge in [0.05, 0.1) is 31.8 Å². The molecule has 0 aliphatic rings. The molecule has 0 fully saturated rings. The normalized spacial score (nSPS) is 10.8. The molecule has 0 N–H and O–H groups in total. The van der Waals surface area contributed by atoms with Gasteiger partial charge in [-0.1, -0.05) is 93.8 Å². The molecule has 3 aromatic heterocycles. The fraction of sp³-hybridized carbons (Fsp3) is 0.372. The quantitative estimate of drug-likeness (QED) is 0.0523. The van der Waals surface area contributed by atoms with Gasteiger partial charge in [-0.2, -0.15) is 0 Å². The monoisotopic (exact) mass is 978 g/mol. The van der Waals surface area contributed by atoms with Crippen LogP contribution in [-0.4, -0.2) is 65.2 Å². The maximum atomic E-state index is 10.8. The lowest BCUT2D eigenvalue weighted by molar-refractivity contribution is -0.117. The predicted octanol–water partition coefficient (Wildman–Crippen LogP) is 13.6. The number of rotatable bonds is 20. The van der Waals surface area contributed by atoms with Gasteiger partial charge in [0.15, 0.2) is 0 Å². The lowest BCUT2D eigenvalue weighted by atomic mass is 10.1. The highest BCUT2D eigenvalue weighted by atomic mass is 35.5. The Morgan fingerprint density at radius 1 is 0.468 bits per heavy atom. The largest absolute Gasteiger partial charge is 0.411 e. The molecule has 3 aromatic carbocycles. The molecule has 6 aromatic rings. The van der Waals surface area contributed by atoms with Gasteiger partial charge in [-0.05, 0) is 120 Å². The minimum Gasteiger partial charge on any atom is -0.411 e. The van der Waals surface area contributed by atoms with E-state index in [-0.39, 0.29) is 17.3 Å². The molecule has 0 atom stereocenters. The van der Waals surface area contributed by atoms with E-state index in [1.54, 1.807) is 39.0 Å². The molecule has 0 saturated heterocycles. The number of aryl methyl sites for hydroxylation is 2. The number of ketones is 3. The first kappa shape index (κ1) is 50.9. The molecule has 19 heteroatoms. The fourth-order valence-corrected chi connectivity index (χ4v) is 8.47. The van der Waals surface area contributed by atoms with E-state index in [1.165, 1.54) is 35.3 Å². The minimum atomic E-state index is 0.197. The Bertz CT molecular complexity index is 2280. The molecular weight excluding hydrogens is 935 g/mol. The predicted molar refractivity (Wildman–Crippen MR) is 250 cm³/mol. The number of thioether (sulfide) groups is 3. The summed E-state index contributed by atoms with van der Waals surface area (Å²) < 4.78 is 16.7. The molecule has 330 valence electrons. The van der Waals surface area contributed by atoms with Crippen LogP contribution in [0.1, 0.15) is 83.3 Å². The van der Waals surface area contributed by atoms with E-state index in [1.807, 2.05) is 50.2 Å². The molecule has 0 spiro atoms. The molecule has 0 aliphatic heterocycles. The van der Waals surface area contributed by atoms with E-state index in [0.717, 1.165) is 71.6 Å². The van der Waals surface area contributed by atoms with Crippen LogP contribution in [0.15, 0.2) is 83.5 Å². The zero-order valence-electron chi connectivity index (χ0n) is 34.8. The Morgan fingerprint density at radius 3 is 1.16 bits per heavy atom. The van der Waals surface area contributed by atoms with Gasteiger partial charge in [-0.25, -0.2) is 0 Å². The zero-order valence-corrected chi connectivity index (χ0v) is 40.3. The molecular formula is C43H46Cl4N6O6S3. The van der Waals surface area contributed by atoms with Gasteiger partial charge in [0.25, 0.3) is 15.7 Å². The maximum Gasteiger partial charge on any atom is 0.276 e. The summed E-state index contributed by atoms with van der Waals surface area (Å²) in [4.78, 5) is 32.5. The number of carbonyl (C=O) groups excluding carboxylic acids is 3. The summed E-state index contributed by atoms with van der Waals surface area (Å²) in [7, 11) is 0. The first-order valence-corrected chi connectivity index (χ1v) is 24.0. The van der Waals surface area contributed by atoms with Gasteiger partial charge in [0.2, 0.25) is 17.7 Å². The summed E-state index contributed by atoms with van der Waals surface area (Å²) in [6, 6.07) is 16.5. The van der Waals surface area contributed by atoms with E-state index < -0.39 is 0 Å². The molecule has 12 nitrogen and oxygen atoms in total. The number of hydrogen-bond donors (Lipinski definition) is 0. The van der Waals surface area contributed by atoms with Crippen molar-refractivity contribution < 1.29 is 27.6 Å². The van der Waals surface area contributed by atoms with Gasteiger partial charge >= 0.3 is 0 Å². The maximum absolute atomic E-state index is 10.8. The number of unbranched alkanes of at least 4 members (excludes halogenated alkanes) is 2. The summed E-state index contributed by atoms with van der Waals surface area (Å²) >= 11 is 28.7. The van der Waals surface area contributed by atoms with Crippen molar-refractivity contribution in [2.45, 2.75) is 102 Å². The number of carbonyl (C=O) groups is 3. The van der Waals surface area contributed by atoms with Crippen molar-refractivity contribution in [3.05, 3.63) is 85.8 Å². The van der Waals surface area contributed by atoms with Gasteiger partial charge in [-0.15, -0.1) is 30.6 Å². The van der Waals surface area contributed by atoms with Crippen LogP contribution in [0.2, 0.25) is 20.1 Å². The average molecular weight is 981 g/mol. The number of Topliss-reactive ketones (excluding diaryl/α,β-unsaturated/α-hetero) is 3. The summed E-state index contributed by atoms with van der Waals surface area (Å²) in [6.45, 7) is 8.76.